The summed E-state index contributed by atoms with van der Waals surface area (Å²) in [5, 5.41) is 6.37. The first-order valence-corrected chi connectivity index (χ1v) is 7.36. The summed E-state index contributed by atoms with van der Waals surface area (Å²) >= 11 is 0. The van der Waals surface area contributed by atoms with Crippen LogP contribution in [0.2, 0.25) is 0 Å². The molecule has 0 bridgehead atoms. The number of ketones is 1. The van der Waals surface area contributed by atoms with Crippen molar-refractivity contribution in [3.63, 3.8) is 0 Å². The van der Waals surface area contributed by atoms with E-state index in [4.69, 9.17) is 0 Å². The van der Waals surface area contributed by atoms with Crippen LogP contribution >= 0.6 is 0 Å². The van der Waals surface area contributed by atoms with Gasteiger partial charge in [-0.1, -0.05) is 0 Å². The molecule has 0 aromatic carbocycles. The Morgan fingerprint density at radius 1 is 1.39 bits per heavy atom. The second kappa shape index (κ2) is 4.81. The van der Waals surface area contributed by atoms with Crippen molar-refractivity contribution in [3.05, 3.63) is 11.9 Å². The van der Waals surface area contributed by atoms with Crippen molar-refractivity contribution in [1.29, 1.82) is 0 Å². The van der Waals surface area contributed by atoms with Crippen molar-refractivity contribution in [2.24, 2.45) is 0 Å². The molecule has 1 saturated carbocycles. The van der Waals surface area contributed by atoms with Crippen LogP contribution in [0.4, 0.5) is 0 Å². The largest absolute Gasteiger partial charge is 0.300 e. The Morgan fingerprint density at radius 2 is 2.00 bits per heavy atom. The third kappa shape index (κ3) is 2.32. The molecule has 1 heterocycles. The number of Topliss-reactive ketones (excluding diaryl/α,β-unsaturated/α-hetero) is 1. The van der Waals surface area contributed by atoms with Crippen LogP contribution in [0.5, 0.6) is 0 Å². The predicted molar refractivity (Wildman–Crippen MR) is 65.5 cm³/mol. The first kappa shape index (κ1) is 13.2. The summed E-state index contributed by atoms with van der Waals surface area (Å²) in [6, 6.07) is -0.0954. The summed E-state index contributed by atoms with van der Waals surface area (Å²) in [4.78, 5) is 11.4. The van der Waals surface area contributed by atoms with Crippen LogP contribution in [0.25, 0.3) is 0 Å². The number of carbonyl (C=O) groups is 1. The fourth-order valence-corrected chi connectivity index (χ4v) is 3.77. The molecule has 1 N–H and O–H groups in total. The van der Waals surface area contributed by atoms with E-state index in [2.05, 4.69) is 10.2 Å². The lowest BCUT2D eigenvalue weighted by atomic mass is 9.95. The van der Waals surface area contributed by atoms with Gasteiger partial charge in [0.25, 0.3) is 0 Å². The number of nitrogens with one attached hydrogen (secondary N) is 1. The summed E-state index contributed by atoms with van der Waals surface area (Å²) in [7, 11) is -1.94. The molecule has 7 heteroatoms. The van der Waals surface area contributed by atoms with Crippen molar-refractivity contribution in [1.82, 2.24) is 14.5 Å². The van der Waals surface area contributed by atoms with Gasteiger partial charge in [-0.05, 0) is 19.8 Å². The maximum atomic E-state index is 12.4. The van der Waals surface area contributed by atoms with Gasteiger partial charge in [-0.15, -0.1) is 0 Å². The molecule has 0 atom stereocenters. The molecule has 1 aliphatic carbocycles. The van der Waals surface area contributed by atoms with Gasteiger partial charge in [0.05, 0.1) is 11.9 Å². The molecule has 6 nitrogen and oxygen atoms in total. The molecule has 1 aromatic heterocycles. The number of rotatable bonds is 3. The molecule has 0 unspecified atom stereocenters. The number of hydrogen-bond acceptors (Lipinski definition) is 4. The fourth-order valence-electron chi connectivity index (χ4n) is 2.24. The summed E-state index contributed by atoms with van der Waals surface area (Å²) in [5.74, 6) is 0.219. The van der Waals surface area contributed by atoms with Crippen LogP contribution in [-0.2, 0) is 14.8 Å². The number of aromatic amines is 1. The SMILES string of the molecule is Cc1[nH]ncc1S(=O)(=O)N(C)C1CCC(=O)CC1. The normalized spacial score (nSPS) is 18.5. The first-order chi connectivity index (χ1) is 8.43. The van der Waals surface area contributed by atoms with Crippen LogP contribution in [0.1, 0.15) is 31.4 Å². The van der Waals surface area contributed by atoms with Crippen molar-refractivity contribution in [2.75, 3.05) is 7.05 Å². The van der Waals surface area contributed by atoms with Gasteiger partial charge in [0.15, 0.2) is 0 Å². The smallest absolute Gasteiger partial charge is 0.246 e. The molecule has 1 fully saturated rings. The highest BCUT2D eigenvalue weighted by molar-refractivity contribution is 7.89. The monoisotopic (exact) mass is 271 g/mol. The lowest BCUT2D eigenvalue weighted by molar-refractivity contribution is -0.120. The van der Waals surface area contributed by atoms with Gasteiger partial charge < -0.3 is 0 Å². The van der Waals surface area contributed by atoms with E-state index in [1.165, 1.54) is 10.5 Å². The molecule has 1 aliphatic rings. The first-order valence-electron chi connectivity index (χ1n) is 5.92. The van der Waals surface area contributed by atoms with Gasteiger partial charge in [0.2, 0.25) is 10.0 Å². The van der Waals surface area contributed by atoms with E-state index < -0.39 is 10.0 Å². The maximum Gasteiger partial charge on any atom is 0.246 e. The van der Waals surface area contributed by atoms with Gasteiger partial charge in [-0.25, -0.2) is 8.42 Å². The molecule has 0 aliphatic heterocycles. The van der Waals surface area contributed by atoms with Crippen LogP contribution in [-0.4, -0.2) is 41.8 Å². The Morgan fingerprint density at radius 3 is 2.50 bits per heavy atom. The Bertz CT molecular complexity index is 540. The van der Waals surface area contributed by atoms with Gasteiger partial charge in [-0.3, -0.25) is 9.89 Å². The number of sulfonamides is 1. The highest BCUT2D eigenvalue weighted by Crippen LogP contribution is 2.25. The van der Waals surface area contributed by atoms with Gasteiger partial charge >= 0.3 is 0 Å². The summed E-state index contributed by atoms with van der Waals surface area (Å²) in [6.45, 7) is 1.68. The lowest BCUT2D eigenvalue weighted by Crippen LogP contribution is -2.39. The van der Waals surface area contributed by atoms with Crippen LogP contribution in [0, 0.1) is 6.92 Å². The third-order valence-corrected chi connectivity index (χ3v) is 5.49. The molecule has 0 amide bonds. The third-order valence-electron chi connectivity index (χ3n) is 3.47. The van der Waals surface area contributed by atoms with E-state index in [1.807, 2.05) is 0 Å². The minimum Gasteiger partial charge on any atom is -0.300 e. The van der Waals surface area contributed by atoms with Crippen molar-refractivity contribution < 1.29 is 13.2 Å². The second-order valence-electron chi connectivity index (χ2n) is 4.65. The zero-order valence-electron chi connectivity index (χ0n) is 10.5. The standard InChI is InChI=1S/C11H17N3O3S/c1-8-11(7-12-13-8)18(16,17)14(2)9-3-5-10(15)6-4-9/h7,9H,3-6H2,1-2H3,(H,12,13). The van der Waals surface area contributed by atoms with Gasteiger partial charge in [0, 0.05) is 25.9 Å². The molecule has 1 aromatic rings. The summed E-state index contributed by atoms with van der Waals surface area (Å²) in [6.07, 6.45) is 3.47. The highest BCUT2D eigenvalue weighted by atomic mass is 32.2. The quantitative estimate of drug-likeness (QED) is 0.883. The van der Waals surface area contributed by atoms with E-state index in [9.17, 15) is 13.2 Å². The Labute approximate surface area is 106 Å². The zero-order chi connectivity index (χ0) is 13.3. The number of carbonyl (C=O) groups excluding carboxylic acids is 1. The fraction of sp³-hybridized carbons (Fsp3) is 0.636. The Balaban J connectivity index is 2.20. The molecule has 0 radical (unpaired) electrons. The van der Waals surface area contributed by atoms with Crippen molar-refractivity contribution >= 4 is 15.8 Å². The van der Waals surface area contributed by atoms with Crippen LogP contribution in [0.3, 0.4) is 0 Å². The number of aromatic nitrogens is 2. The molecule has 0 saturated heterocycles. The average molecular weight is 271 g/mol. The molecule has 18 heavy (non-hydrogen) atoms. The zero-order valence-corrected chi connectivity index (χ0v) is 11.3. The Hall–Kier alpha value is -1.21. The number of hydrogen-bond donors (Lipinski definition) is 1. The molecular formula is C11H17N3O3S. The van der Waals surface area contributed by atoms with E-state index in [1.54, 1.807) is 14.0 Å². The van der Waals surface area contributed by atoms with Crippen LogP contribution < -0.4 is 0 Å². The second-order valence-corrected chi connectivity index (χ2v) is 6.62. The molecular weight excluding hydrogens is 254 g/mol. The molecule has 0 spiro atoms. The van der Waals surface area contributed by atoms with Gasteiger partial charge in [0.1, 0.15) is 10.7 Å². The highest BCUT2D eigenvalue weighted by Gasteiger charge is 2.32. The van der Waals surface area contributed by atoms with Crippen molar-refractivity contribution in [2.45, 2.75) is 43.5 Å². The molecule has 100 valence electrons. The number of H-pyrrole nitrogens is 1. The number of nitrogens with zero attached hydrogens (tertiary/aromatic N) is 2. The minimum atomic E-state index is -3.52. The van der Waals surface area contributed by atoms with E-state index in [0.29, 0.717) is 31.4 Å². The molecule has 2 rings (SSSR count). The Kier molecular flexibility index (Phi) is 3.54. The summed E-state index contributed by atoms with van der Waals surface area (Å²) in [5.41, 5.74) is 0.536. The van der Waals surface area contributed by atoms with Gasteiger partial charge in [-0.2, -0.15) is 9.40 Å². The maximum absolute atomic E-state index is 12.4. The minimum absolute atomic E-state index is 0.0954. The average Bonchev–Trinajstić information content (AvgIpc) is 2.76. The van der Waals surface area contributed by atoms with E-state index in [0.717, 1.165) is 0 Å². The lowest BCUT2D eigenvalue weighted by Gasteiger charge is -2.29. The van der Waals surface area contributed by atoms with E-state index in [-0.39, 0.29) is 16.7 Å². The van der Waals surface area contributed by atoms with Crippen molar-refractivity contribution in [3.8, 4) is 0 Å². The van der Waals surface area contributed by atoms with Crippen LogP contribution in [0.15, 0.2) is 11.1 Å². The number of aryl methyl sites for hydroxylation is 1. The summed E-state index contributed by atoms with van der Waals surface area (Å²) < 4.78 is 26.1. The predicted octanol–water partition coefficient (Wildman–Crippen LogP) is 0.850. The van der Waals surface area contributed by atoms with E-state index >= 15 is 0 Å². The topological polar surface area (TPSA) is 83.1 Å².